The number of rotatable bonds is 6. The average molecular weight is 421 g/mol. The number of nitriles is 1. The van der Waals surface area contributed by atoms with E-state index in [0.29, 0.717) is 0 Å². The average Bonchev–Trinajstić information content (AvgIpc) is 3.02. The van der Waals surface area contributed by atoms with Gasteiger partial charge in [0.25, 0.3) is 5.91 Å². The summed E-state index contributed by atoms with van der Waals surface area (Å²) >= 11 is 5.97. The summed E-state index contributed by atoms with van der Waals surface area (Å²) in [6.07, 6.45) is -0.594. The molecular weight excluding hydrogens is 399 g/mol. The number of halogens is 2. The third kappa shape index (κ3) is 6.22. The van der Waals surface area contributed by atoms with Crippen molar-refractivity contribution in [1.82, 2.24) is 15.2 Å². The van der Waals surface area contributed by atoms with Crippen LogP contribution >= 0.6 is 11.6 Å². The highest BCUT2D eigenvalue weighted by molar-refractivity contribution is 6.31. The number of amides is 2. The molecule has 0 saturated heterocycles. The van der Waals surface area contributed by atoms with Crippen LogP contribution in [-0.4, -0.2) is 28.7 Å². The summed E-state index contributed by atoms with van der Waals surface area (Å²) in [5, 5.41) is 14.7. The lowest BCUT2D eigenvalue weighted by Gasteiger charge is -2.20. The second-order valence-electron chi connectivity index (χ2n) is 7.18. The number of alkyl carbamates (subject to hydrolysis) is 1. The minimum atomic E-state index is -0.631. The van der Waals surface area contributed by atoms with Gasteiger partial charge in [-0.15, -0.1) is 0 Å². The molecule has 1 heterocycles. The minimum absolute atomic E-state index is 0.104. The summed E-state index contributed by atoms with van der Waals surface area (Å²) in [4.78, 5) is 24.3. The zero-order valence-electron chi connectivity index (χ0n) is 16.4. The predicted molar refractivity (Wildman–Crippen MR) is 106 cm³/mol. The monoisotopic (exact) mass is 420 g/mol. The molecule has 2 aromatic rings. The van der Waals surface area contributed by atoms with E-state index < -0.39 is 23.4 Å². The van der Waals surface area contributed by atoms with E-state index in [-0.39, 0.29) is 41.6 Å². The van der Waals surface area contributed by atoms with Gasteiger partial charge in [-0.05, 0) is 45.0 Å². The van der Waals surface area contributed by atoms with E-state index in [1.165, 1.54) is 34.9 Å². The van der Waals surface area contributed by atoms with Gasteiger partial charge in [-0.1, -0.05) is 17.7 Å². The van der Waals surface area contributed by atoms with Gasteiger partial charge in [0.15, 0.2) is 0 Å². The maximum atomic E-state index is 13.9. The molecule has 1 aromatic carbocycles. The van der Waals surface area contributed by atoms with Crippen LogP contribution in [0.15, 0.2) is 30.3 Å². The highest BCUT2D eigenvalue weighted by Gasteiger charge is 2.18. The van der Waals surface area contributed by atoms with Gasteiger partial charge < -0.3 is 19.9 Å². The van der Waals surface area contributed by atoms with Crippen molar-refractivity contribution < 1.29 is 18.7 Å². The zero-order chi connectivity index (χ0) is 21.6. The zero-order valence-corrected chi connectivity index (χ0v) is 17.1. The molecule has 2 amide bonds. The van der Waals surface area contributed by atoms with Crippen LogP contribution in [0.1, 0.15) is 42.5 Å². The lowest BCUT2D eigenvalue weighted by molar-refractivity contribution is 0.0526. The van der Waals surface area contributed by atoms with Gasteiger partial charge >= 0.3 is 6.09 Å². The summed E-state index contributed by atoms with van der Waals surface area (Å²) in [6.45, 7) is 5.47. The summed E-state index contributed by atoms with van der Waals surface area (Å²) in [7, 11) is 0. The van der Waals surface area contributed by atoms with E-state index in [0.717, 1.165) is 0 Å². The highest BCUT2D eigenvalue weighted by atomic mass is 35.5. The first kappa shape index (κ1) is 22.2. The van der Waals surface area contributed by atoms with Crippen molar-refractivity contribution in [3.63, 3.8) is 0 Å². The number of ether oxygens (including phenoxy) is 1. The molecule has 0 aliphatic heterocycles. The Balaban J connectivity index is 2.04. The van der Waals surface area contributed by atoms with Gasteiger partial charge in [-0.3, -0.25) is 4.79 Å². The fraction of sp³-hybridized carbons (Fsp3) is 0.350. The highest BCUT2D eigenvalue weighted by Crippen LogP contribution is 2.19. The van der Waals surface area contributed by atoms with Gasteiger partial charge in [0.2, 0.25) is 0 Å². The van der Waals surface area contributed by atoms with E-state index in [1.807, 2.05) is 6.07 Å². The first-order valence-corrected chi connectivity index (χ1v) is 9.27. The molecule has 0 aliphatic carbocycles. The summed E-state index contributed by atoms with van der Waals surface area (Å²) < 4.78 is 20.5. The number of hydrogen-bond donors (Lipinski definition) is 2. The Labute approximate surface area is 173 Å². The second kappa shape index (κ2) is 9.43. The molecular formula is C20H22ClFN4O3. The standard InChI is InChI=1S/C20H22ClFN4O3/c1-20(2,3)29-19(28)24-9-10-26-13(11-23)7-8-17(26)18(27)25-12-14-15(21)5-4-6-16(14)22/h4-8H,9-10,12H2,1-3H3,(H,24,28)(H,25,27). The van der Waals surface area contributed by atoms with Crippen LogP contribution in [0.2, 0.25) is 5.02 Å². The third-order valence-electron chi connectivity index (χ3n) is 3.82. The minimum Gasteiger partial charge on any atom is -0.444 e. The van der Waals surface area contributed by atoms with Crippen LogP contribution in [-0.2, 0) is 17.8 Å². The number of aromatic nitrogens is 1. The molecule has 0 bridgehead atoms. The van der Waals surface area contributed by atoms with E-state index in [9.17, 15) is 19.2 Å². The topological polar surface area (TPSA) is 96.2 Å². The molecule has 9 heteroatoms. The predicted octanol–water partition coefficient (Wildman–Crippen LogP) is 3.61. The van der Waals surface area contributed by atoms with E-state index >= 15 is 0 Å². The Hall–Kier alpha value is -3.05. The van der Waals surface area contributed by atoms with Crippen LogP contribution in [0, 0.1) is 17.1 Å². The number of carbonyl (C=O) groups excluding carboxylic acids is 2. The molecule has 0 radical (unpaired) electrons. The van der Waals surface area contributed by atoms with Gasteiger partial charge in [0, 0.05) is 30.2 Å². The number of nitrogens with one attached hydrogen (secondary N) is 2. The van der Waals surface area contributed by atoms with E-state index in [4.69, 9.17) is 16.3 Å². The molecule has 154 valence electrons. The number of hydrogen-bond acceptors (Lipinski definition) is 4. The quantitative estimate of drug-likeness (QED) is 0.746. The molecule has 0 atom stereocenters. The first-order chi connectivity index (χ1) is 13.6. The largest absolute Gasteiger partial charge is 0.444 e. The molecule has 2 rings (SSSR count). The molecule has 0 unspecified atom stereocenters. The van der Waals surface area contributed by atoms with Crippen molar-refractivity contribution in [3.8, 4) is 6.07 Å². The molecule has 0 saturated carbocycles. The second-order valence-corrected chi connectivity index (χ2v) is 7.59. The Morgan fingerprint density at radius 3 is 2.59 bits per heavy atom. The van der Waals surface area contributed by atoms with Crippen molar-refractivity contribution in [2.75, 3.05) is 6.54 Å². The maximum Gasteiger partial charge on any atom is 0.407 e. The molecule has 29 heavy (non-hydrogen) atoms. The summed E-state index contributed by atoms with van der Waals surface area (Å²) in [5.74, 6) is -1.02. The van der Waals surface area contributed by atoms with E-state index in [1.54, 1.807) is 20.8 Å². The first-order valence-electron chi connectivity index (χ1n) is 8.90. The van der Waals surface area contributed by atoms with Crippen molar-refractivity contribution in [2.24, 2.45) is 0 Å². The normalized spacial score (nSPS) is 10.9. The van der Waals surface area contributed by atoms with Gasteiger partial charge in [0.1, 0.15) is 28.9 Å². The van der Waals surface area contributed by atoms with Crippen LogP contribution < -0.4 is 10.6 Å². The van der Waals surface area contributed by atoms with Crippen molar-refractivity contribution in [1.29, 1.82) is 5.26 Å². The fourth-order valence-electron chi connectivity index (χ4n) is 2.55. The number of benzene rings is 1. The Kier molecular flexibility index (Phi) is 7.23. The van der Waals surface area contributed by atoms with Crippen molar-refractivity contribution >= 4 is 23.6 Å². The van der Waals surface area contributed by atoms with Gasteiger partial charge in [-0.2, -0.15) is 5.26 Å². The van der Waals surface area contributed by atoms with Crippen LogP contribution in [0.3, 0.4) is 0 Å². The van der Waals surface area contributed by atoms with Crippen molar-refractivity contribution in [3.05, 3.63) is 58.1 Å². The Morgan fingerprint density at radius 1 is 1.24 bits per heavy atom. The molecule has 7 nitrogen and oxygen atoms in total. The lowest BCUT2D eigenvalue weighted by atomic mass is 10.2. The fourth-order valence-corrected chi connectivity index (χ4v) is 2.78. The number of carbonyl (C=O) groups is 2. The van der Waals surface area contributed by atoms with Crippen LogP contribution in [0.4, 0.5) is 9.18 Å². The molecule has 0 spiro atoms. The Bertz CT molecular complexity index is 924. The molecule has 0 aliphatic rings. The number of nitrogens with zero attached hydrogens (tertiary/aromatic N) is 2. The molecule has 2 N–H and O–H groups in total. The van der Waals surface area contributed by atoms with E-state index in [2.05, 4.69) is 10.6 Å². The van der Waals surface area contributed by atoms with Crippen LogP contribution in [0.25, 0.3) is 0 Å². The summed E-state index contributed by atoms with van der Waals surface area (Å²) in [6, 6.07) is 9.25. The van der Waals surface area contributed by atoms with Gasteiger partial charge in [-0.25, -0.2) is 9.18 Å². The van der Waals surface area contributed by atoms with Gasteiger partial charge in [0.05, 0.1) is 0 Å². The Morgan fingerprint density at radius 2 is 1.97 bits per heavy atom. The molecule has 0 fully saturated rings. The molecule has 1 aromatic heterocycles. The smallest absolute Gasteiger partial charge is 0.407 e. The SMILES string of the molecule is CC(C)(C)OC(=O)NCCn1c(C#N)ccc1C(=O)NCc1c(F)cccc1Cl. The lowest BCUT2D eigenvalue weighted by Crippen LogP contribution is -2.35. The third-order valence-corrected chi connectivity index (χ3v) is 4.17. The van der Waals surface area contributed by atoms with Crippen molar-refractivity contribution in [2.45, 2.75) is 39.5 Å². The summed E-state index contributed by atoms with van der Waals surface area (Å²) in [5.41, 5.74) is 0.00626. The van der Waals surface area contributed by atoms with Crippen LogP contribution in [0.5, 0.6) is 0 Å². The maximum absolute atomic E-state index is 13.9.